The lowest BCUT2D eigenvalue weighted by Gasteiger charge is -1.98. The number of nitrogens with zero attached hydrogens (tertiary/aromatic N) is 3. The van der Waals surface area contributed by atoms with Crippen LogP contribution in [0.1, 0.15) is 11.4 Å². The Bertz CT molecular complexity index is 425. The summed E-state index contributed by atoms with van der Waals surface area (Å²) in [5.41, 5.74) is 2.81. The Morgan fingerprint density at radius 2 is 1.50 bits per heavy atom. The summed E-state index contributed by atoms with van der Waals surface area (Å²) in [6.07, 6.45) is 0. The van der Waals surface area contributed by atoms with Crippen molar-refractivity contribution in [1.29, 1.82) is 0 Å². The topological polar surface area (TPSA) is 30.7 Å². The number of aromatic nitrogens is 3. The zero-order chi connectivity index (χ0) is 10.1. The molecule has 0 saturated heterocycles. The maximum atomic E-state index is 5.79. The summed E-state index contributed by atoms with van der Waals surface area (Å²) in [4.78, 5) is 1.61. The highest BCUT2D eigenvalue weighted by atomic mass is 35.5. The van der Waals surface area contributed by atoms with Gasteiger partial charge in [0, 0.05) is 5.02 Å². The Morgan fingerprint density at radius 1 is 1.00 bits per heavy atom. The monoisotopic (exact) mass is 207 g/mol. The summed E-state index contributed by atoms with van der Waals surface area (Å²) in [7, 11) is 0. The molecule has 0 unspecified atom stereocenters. The quantitative estimate of drug-likeness (QED) is 0.720. The molecular formula is C10H10ClN3. The van der Waals surface area contributed by atoms with E-state index in [-0.39, 0.29) is 0 Å². The van der Waals surface area contributed by atoms with Gasteiger partial charge in [-0.2, -0.15) is 15.0 Å². The molecule has 0 saturated carbocycles. The molecule has 0 radical (unpaired) electrons. The van der Waals surface area contributed by atoms with Gasteiger partial charge in [0.15, 0.2) is 0 Å². The lowest BCUT2D eigenvalue weighted by atomic mass is 10.3. The molecule has 0 fully saturated rings. The van der Waals surface area contributed by atoms with Gasteiger partial charge in [-0.1, -0.05) is 11.6 Å². The molecule has 0 N–H and O–H groups in total. The first-order chi connectivity index (χ1) is 6.66. The van der Waals surface area contributed by atoms with Gasteiger partial charge in [-0.15, -0.1) is 0 Å². The Labute approximate surface area is 87.3 Å². The molecule has 1 aromatic heterocycles. The largest absolute Gasteiger partial charge is 0.153 e. The second-order valence-electron chi connectivity index (χ2n) is 3.14. The van der Waals surface area contributed by atoms with E-state index in [4.69, 9.17) is 11.6 Å². The van der Waals surface area contributed by atoms with Crippen molar-refractivity contribution in [2.45, 2.75) is 13.8 Å². The summed E-state index contributed by atoms with van der Waals surface area (Å²) < 4.78 is 0. The Kier molecular flexibility index (Phi) is 2.25. The van der Waals surface area contributed by atoms with Crippen molar-refractivity contribution < 1.29 is 0 Å². The molecule has 2 rings (SSSR count). The van der Waals surface area contributed by atoms with E-state index in [0.717, 1.165) is 17.1 Å². The van der Waals surface area contributed by atoms with Crippen molar-refractivity contribution in [2.24, 2.45) is 0 Å². The number of benzene rings is 1. The van der Waals surface area contributed by atoms with Crippen LogP contribution in [0.2, 0.25) is 5.02 Å². The molecule has 0 spiro atoms. The van der Waals surface area contributed by atoms with Crippen molar-refractivity contribution >= 4 is 11.6 Å². The molecule has 0 bridgehead atoms. The van der Waals surface area contributed by atoms with E-state index < -0.39 is 0 Å². The van der Waals surface area contributed by atoms with Gasteiger partial charge in [-0.3, -0.25) is 0 Å². The first-order valence-corrected chi connectivity index (χ1v) is 4.71. The van der Waals surface area contributed by atoms with E-state index in [1.54, 1.807) is 4.80 Å². The van der Waals surface area contributed by atoms with E-state index >= 15 is 0 Å². The van der Waals surface area contributed by atoms with E-state index in [1.807, 2.05) is 38.1 Å². The lowest BCUT2D eigenvalue weighted by Crippen LogP contribution is -1.98. The second kappa shape index (κ2) is 3.42. The van der Waals surface area contributed by atoms with Gasteiger partial charge in [0.1, 0.15) is 0 Å². The minimum Gasteiger partial charge on any atom is -0.153 e. The number of halogens is 1. The van der Waals surface area contributed by atoms with Crippen LogP contribution in [0.15, 0.2) is 24.3 Å². The van der Waals surface area contributed by atoms with Crippen LogP contribution in [-0.2, 0) is 0 Å². The van der Waals surface area contributed by atoms with Gasteiger partial charge in [-0.25, -0.2) is 0 Å². The maximum absolute atomic E-state index is 5.79. The lowest BCUT2D eigenvalue weighted by molar-refractivity contribution is 0.741. The van der Waals surface area contributed by atoms with E-state index in [0.29, 0.717) is 5.02 Å². The van der Waals surface area contributed by atoms with Crippen LogP contribution in [0.4, 0.5) is 0 Å². The van der Waals surface area contributed by atoms with E-state index in [1.165, 1.54) is 0 Å². The van der Waals surface area contributed by atoms with Crippen LogP contribution in [0.25, 0.3) is 5.69 Å². The molecule has 72 valence electrons. The second-order valence-corrected chi connectivity index (χ2v) is 3.57. The molecule has 0 aliphatic rings. The minimum atomic E-state index is 0.717. The van der Waals surface area contributed by atoms with Gasteiger partial charge < -0.3 is 0 Å². The molecule has 2 aromatic rings. The van der Waals surface area contributed by atoms with Crippen molar-refractivity contribution in [2.75, 3.05) is 0 Å². The molecule has 0 aliphatic carbocycles. The molecule has 1 aromatic carbocycles. The summed E-state index contributed by atoms with van der Waals surface area (Å²) >= 11 is 5.79. The molecule has 0 amide bonds. The van der Waals surface area contributed by atoms with Crippen LogP contribution in [-0.4, -0.2) is 15.0 Å². The number of hydrogen-bond donors (Lipinski definition) is 0. The van der Waals surface area contributed by atoms with Gasteiger partial charge >= 0.3 is 0 Å². The number of aryl methyl sites for hydroxylation is 2. The zero-order valence-corrected chi connectivity index (χ0v) is 8.78. The molecular weight excluding hydrogens is 198 g/mol. The fourth-order valence-electron chi connectivity index (χ4n) is 1.14. The zero-order valence-electron chi connectivity index (χ0n) is 8.03. The van der Waals surface area contributed by atoms with Crippen molar-refractivity contribution in [3.05, 3.63) is 40.7 Å². The highest BCUT2D eigenvalue weighted by Gasteiger charge is 2.03. The van der Waals surface area contributed by atoms with E-state index in [2.05, 4.69) is 10.2 Å². The molecule has 0 aliphatic heterocycles. The highest BCUT2D eigenvalue weighted by molar-refractivity contribution is 6.30. The summed E-state index contributed by atoms with van der Waals surface area (Å²) in [5, 5.41) is 9.26. The van der Waals surface area contributed by atoms with E-state index in [9.17, 15) is 0 Å². The van der Waals surface area contributed by atoms with Crippen molar-refractivity contribution in [3.8, 4) is 5.69 Å². The Morgan fingerprint density at radius 3 is 2.00 bits per heavy atom. The first-order valence-electron chi connectivity index (χ1n) is 4.33. The Hall–Kier alpha value is -1.35. The average molecular weight is 208 g/mol. The van der Waals surface area contributed by atoms with Crippen molar-refractivity contribution in [1.82, 2.24) is 15.0 Å². The maximum Gasteiger partial charge on any atom is 0.0857 e. The van der Waals surface area contributed by atoms with Gasteiger partial charge in [0.05, 0.1) is 17.1 Å². The predicted molar refractivity (Wildman–Crippen MR) is 55.8 cm³/mol. The van der Waals surface area contributed by atoms with Crippen LogP contribution in [0.5, 0.6) is 0 Å². The van der Waals surface area contributed by atoms with Crippen molar-refractivity contribution in [3.63, 3.8) is 0 Å². The summed E-state index contributed by atoms with van der Waals surface area (Å²) in [6.45, 7) is 3.88. The summed E-state index contributed by atoms with van der Waals surface area (Å²) in [5.74, 6) is 0. The molecule has 1 heterocycles. The van der Waals surface area contributed by atoms with Crippen LogP contribution in [0.3, 0.4) is 0 Å². The molecule has 14 heavy (non-hydrogen) atoms. The van der Waals surface area contributed by atoms with Gasteiger partial charge in [-0.05, 0) is 38.1 Å². The van der Waals surface area contributed by atoms with Crippen LogP contribution >= 0.6 is 11.6 Å². The SMILES string of the molecule is Cc1nn(-c2ccc(Cl)cc2)nc1C. The smallest absolute Gasteiger partial charge is 0.0857 e. The molecule has 4 heteroatoms. The first kappa shape index (κ1) is 9.21. The van der Waals surface area contributed by atoms with Gasteiger partial charge in [0.2, 0.25) is 0 Å². The molecule has 3 nitrogen and oxygen atoms in total. The third kappa shape index (κ3) is 1.63. The fourth-order valence-corrected chi connectivity index (χ4v) is 1.27. The molecule has 0 atom stereocenters. The third-order valence-electron chi connectivity index (χ3n) is 2.07. The van der Waals surface area contributed by atoms with Gasteiger partial charge in [0.25, 0.3) is 0 Å². The highest BCUT2D eigenvalue weighted by Crippen LogP contribution is 2.12. The normalized spacial score (nSPS) is 10.5. The third-order valence-corrected chi connectivity index (χ3v) is 2.32. The average Bonchev–Trinajstić information content (AvgIpc) is 2.48. The predicted octanol–water partition coefficient (Wildman–Crippen LogP) is 2.54. The van der Waals surface area contributed by atoms with Crippen LogP contribution in [0, 0.1) is 13.8 Å². The summed E-state index contributed by atoms with van der Waals surface area (Å²) in [6, 6.07) is 7.43. The van der Waals surface area contributed by atoms with Crippen LogP contribution < -0.4 is 0 Å². The standard InChI is InChI=1S/C10H10ClN3/c1-7-8(2)13-14(12-7)10-5-3-9(11)4-6-10/h3-6H,1-2H3. The number of hydrogen-bond acceptors (Lipinski definition) is 2. The number of rotatable bonds is 1. The fraction of sp³-hybridized carbons (Fsp3) is 0.200. The Balaban J connectivity index is 2.44. The minimum absolute atomic E-state index is 0.717.